The number of rotatable bonds is 2. The van der Waals surface area contributed by atoms with Crippen LogP contribution in [0, 0.1) is 6.92 Å². The molecule has 5 heteroatoms. The number of nitrogens with zero attached hydrogens (tertiary/aromatic N) is 3. The Morgan fingerprint density at radius 1 is 1.08 bits per heavy atom. The van der Waals surface area contributed by atoms with Gasteiger partial charge in [0.15, 0.2) is 0 Å². The molecule has 0 bridgehead atoms. The van der Waals surface area contributed by atoms with Gasteiger partial charge in [0, 0.05) is 32.8 Å². The van der Waals surface area contributed by atoms with Gasteiger partial charge in [0.1, 0.15) is 5.69 Å². The summed E-state index contributed by atoms with van der Waals surface area (Å²) < 4.78 is 0. The molecule has 2 heterocycles. The molecule has 3 rings (SSSR count). The molecule has 1 aromatic carbocycles. The molecular formula is C19H21N3O2. The van der Waals surface area contributed by atoms with Crippen LogP contribution in [0.15, 0.2) is 48.7 Å². The number of aryl methyl sites for hydroxylation is 1. The van der Waals surface area contributed by atoms with Gasteiger partial charge in [0.05, 0.1) is 6.04 Å². The van der Waals surface area contributed by atoms with Crippen molar-refractivity contribution in [1.82, 2.24) is 14.8 Å². The molecule has 0 N–H and O–H groups in total. The van der Waals surface area contributed by atoms with Crippen molar-refractivity contribution in [1.29, 1.82) is 0 Å². The van der Waals surface area contributed by atoms with Crippen LogP contribution in [0.3, 0.4) is 0 Å². The minimum absolute atomic E-state index is 0.0324. The maximum Gasteiger partial charge on any atom is 0.272 e. The first-order chi connectivity index (χ1) is 11.6. The maximum absolute atomic E-state index is 12.8. The molecule has 1 saturated heterocycles. The number of hydrogen-bond donors (Lipinski definition) is 0. The number of benzene rings is 1. The summed E-state index contributed by atoms with van der Waals surface area (Å²) >= 11 is 0. The van der Waals surface area contributed by atoms with Gasteiger partial charge in [-0.1, -0.05) is 36.4 Å². The third-order valence-electron chi connectivity index (χ3n) is 4.47. The SMILES string of the molecule is CC(=O)N1CCN(C(=O)c2ncccc2C)C[C@H]1c1ccccc1. The van der Waals surface area contributed by atoms with Crippen molar-refractivity contribution < 1.29 is 9.59 Å². The number of piperazine rings is 1. The minimum Gasteiger partial charge on any atom is -0.333 e. The van der Waals surface area contributed by atoms with E-state index in [1.807, 2.05) is 54.3 Å². The summed E-state index contributed by atoms with van der Waals surface area (Å²) in [5.41, 5.74) is 2.40. The molecule has 24 heavy (non-hydrogen) atoms. The van der Waals surface area contributed by atoms with Crippen LogP contribution in [-0.4, -0.2) is 46.2 Å². The Hall–Kier alpha value is -2.69. The molecule has 1 aromatic heterocycles. The fourth-order valence-electron chi connectivity index (χ4n) is 3.16. The van der Waals surface area contributed by atoms with Gasteiger partial charge in [-0.3, -0.25) is 14.6 Å². The van der Waals surface area contributed by atoms with Crippen LogP contribution < -0.4 is 0 Å². The summed E-state index contributed by atoms with van der Waals surface area (Å²) in [5, 5.41) is 0. The number of carbonyl (C=O) groups excluding carboxylic acids is 2. The second-order valence-corrected chi connectivity index (χ2v) is 6.06. The van der Waals surface area contributed by atoms with Crippen LogP contribution in [0.25, 0.3) is 0 Å². The normalized spacial score (nSPS) is 17.7. The first-order valence-corrected chi connectivity index (χ1v) is 8.11. The fourth-order valence-corrected chi connectivity index (χ4v) is 3.16. The van der Waals surface area contributed by atoms with Crippen LogP contribution >= 0.6 is 0 Å². The zero-order valence-corrected chi connectivity index (χ0v) is 14.0. The smallest absolute Gasteiger partial charge is 0.272 e. The van der Waals surface area contributed by atoms with Gasteiger partial charge < -0.3 is 9.80 Å². The van der Waals surface area contributed by atoms with Crippen molar-refractivity contribution in [2.45, 2.75) is 19.9 Å². The first kappa shape index (κ1) is 16.2. The highest BCUT2D eigenvalue weighted by molar-refractivity contribution is 5.93. The standard InChI is InChI=1S/C19H21N3O2/c1-14-7-6-10-20-18(14)19(24)21-11-12-22(15(2)23)17(13-21)16-8-4-3-5-9-16/h3-10,17H,11-13H2,1-2H3/t17-/m0/s1. The van der Waals surface area contributed by atoms with E-state index in [4.69, 9.17) is 0 Å². The third-order valence-corrected chi connectivity index (χ3v) is 4.47. The van der Waals surface area contributed by atoms with E-state index in [2.05, 4.69) is 4.98 Å². The molecule has 1 aliphatic heterocycles. The number of hydrogen-bond acceptors (Lipinski definition) is 3. The zero-order valence-electron chi connectivity index (χ0n) is 14.0. The molecule has 1 atom stereocenters. The summed E-state index contributed by atoms with van der Waals surface area (Å²) in [6.45, 7) is 5.01. The third kappa shape index (κ3) is 3.15. The Kier molecular flexibility index (Phi) is 4.60. The molecule has 5 nitrogen and oxygen atoms in total. The van der Waals surface area contributed by atoms with E-state index in [1.54, 1.807) is 18.0 Å². The average Bonchev–Trinajstić information content (AvgIpc) is 2.61. The number of amides is 2. The molecule has 0 unspecified atom stereocenters. The Bertz CT molecular complexity index is 745. The van der Waals surface area contributed by atoms with Crippen molar-refractivity contribution in [3.8, 4) is 0 Å². The summed E-state index contributed by atoms with van der Waals surface area (Å²) in [5.74, 6) is -0.0396. The highest BCUT2D eigenvalue weighted by atomic mass is 16.2. The summed E-state index contributed by atoms with van der Waals surface area (Å²) in [7, 11) is 0. The van der Waals surface area contributed by atoms with Crippen LogP contribution in [0.5, 0.6) is 0 Å². The van der Waals surface area contributed by atoms with E-state index in [0.29, 0.717) is 25.3 Å². The van der Waals surface area contributed by atoms with Crippen LogP contribution in [-0.2, 0) is 4.79 Å². The molecule has 0 aliphatic carbocycles. The number of aromatic nitrogens is 1. The van der Waals surface area contributed by atoms with E-state index < -0.39 is 0 Å². The van der Waals surface area contributed by atoms with Gasteiger partial charge in [-0.2, -0.15) is 0 Å². The number of pyridine rings is 1. The predicted molar refractivity (Wildman–Crippen MR) is 91.4 cm³/mol. The summed E-state index contributed by atoms with van der Waals surface area (Å²) in [6, 6.07) is 13.5. The molecule has 0 saturated carbocycles. The molecular weight excluding hydrogens is 302 g/mol. The second-order valence-electron chi connectivity index (χ2n) is 6.06. The number of carbonyl (C=O) groups is 2. The van der Waals surface area contributed by atoms with Gasteiger partial charge in [0.2, 0.25) is 5.91 Å². The highest BCUT2D eigenvalue weighted by Crippen LogP contribution is 2.26. The van der Waals surface area contributed by atoms with E-state index in [1.165, 1.54) is 0 Å². The Balaban J connectivity index is 1.87. The second kappa shape index (κ2) is 6.83. The molecule has 124 valence electrons. The molecule has 1 aliphatic rings. The topological polar surface area (TPSA) is 53.5 Å². The lowest BCUT2D eigenvalue weighted by Gasteiger charge is -2.41. The Labute approximate surface area is 141 Å². The van der Waals surface area contributed by atoms with E-state index in [0.717, 1.165) is 11.1 Å². The largest absolute Gasteiger partial charge is 0.333 e. The van der Waals surface area contributed by atoms with Crippen LogP contribution in [0.1, 0.15) is 34.6 Å². The average molecular weight is 323 g/mol. The minimum atomic E-state index is -0.120. The van der Waals surface area contributed by atoms with Gasteiger partial charge in [-0.05, 0) is 24.1 Å². The highest BCUT2D eigenvalue weighted by Gasteiger charge is 2.33. The first-order valence-electron chi connectivity index (χ1n) is 8.11. The van der Waals surface area contributed by atoms with Gasteiger partial charge in [-0.25, -0.2) is 0 Å². The van der Waals surface area contributed by atoms with Crippen molar-refractivity contribution in [2.24, 2.45) is 0 Å². The van der Waals surface area contributed by atoms with Crippen molar-refractivity contribution in [3.05, 3.63) is 65.5 Å². The summed E-state index contributed by atoms with van der Waals surface area (Å²) in [4.78, 5) is 32.7. The maximum atomic E-state index is 12.8. The lowest BCUT2D eigenvalue weighted by atomic mass is 10.0. The zero-order chi connectivity index (χ0) is 17.1. The molecule has 2 aromatic rings. The molecule has 0 spiro atoms. The van der Waals surface area contributed by atoms with Crippen molar-refractivity contribution in [2.75, 3.05) is 19.6 Å². The van der Waals surface area contributed by atoms with E-state index >= 15 is 0 Å². The van der Waals surface area contributed by atoms with Gasteiger partial charge in [-0.15, -0.1) is 0 Å². The van der Waals surface area contributed by atoms with Crippen LogP contribution in [0.4, 0.5) is 0 Å². The quantitative estimate of drug-likeness (QED) is 0.853. The lowest BCUT2D eigenvalue weighted by molar-refractivity contribution is -0.133. The Morgan fingerprint density at radius 2 is 1.83 bits per heavy atom. The van der Waals surface area contributed by atoms with E-state index in [9.17, 15) is 9.59 Å². The van der Waals surface area contributed by atoms with Gasteiger partial charge >= 0.3 is 0 Å². The lowest BCUT2D eigenvalue weighted by Crippen LogP contribution is -2.52. The Morgan fingerprint density at radius 3 is 2.50 bits per heavy atom. The van der Waals surface area contributed by atoms with Crippen molar-refractivity contribution >= 4 is 11.8 Å². The van der Waals surface area contributed by atoms with E-state index in [-0.39, 0.29) is 17.9 Å². The van der Waals surface area contributed by atoms with Gasteiger partial charge in [0.25, 0.3) is 5.91 Å². The molecule has 2 amide bonds. The predicted octanol–water partition coefficient (Wildman–Crippen LogP) is 2.44. The molecule has 1 fully saturated rings. The summed E-state index contributed by atoms with van der Waals surface area (Å²) in [6.07, 6.45) is 1.64. The van der Waals surface area contributed by atoms with Crippen LogP contribution in [0.2, 0.25) is 0 Å². The molecule has 0 radical (unpaired) electrons. The van der Waals surface area contributed by atoms with Crippen molar-refractivity contribution in [3.63, 3.8) is 0 Å². The fraction of sp³-hybridized carbons (Fsp3) is 0.316. The monoisotopic (exact) mass is 323 g/mol.